The Hall–Kier alpha value is -1.18. The van der Waals surface area contributed by atoms with E-state index in [4.69, 9.17) is 9.47 Å². The number of hydrogen-bond donors (Lipinski definition) is 1. The average Bonchev–Trinajstić information content (AvgIpc) is 2.61. The number of hydrogen-bond acceptors (Lipinski definition) is 6. The first-order valence-corrected chi connectivity index (χ1v) is 11.0. The van der Waals surface area contributed by atoms with Crippen LogP contribution in [0.5, 0.6) is 0 Å². The second kappa shape index (κ2) is 9.55. The molecule has 0 aromatic carbocycles. The molecule has 1 aliphatic carbocycles. The Kier molecular flexibility index (Phi) is 7.34. The van der Waals surface area contributed by atoms with Gasteiger partial charge >= 0.3 is 5.97 Å². The van der Waals surface area contributed by atoms with Crippen molar-refractivity contribution in [3.05, 3.63) is 22.3 Å². The molecule has 156 valence electrons. The molecule has 0 radical (unpaired) electrons. The molecule has 1 aromatic rings. The van der Waals surface area contributed by atoms with E-state index in [0.29, 0.717) is 0 Å². The van der Waals surface area contributed by atoms with Gasteiger partial charge in [-0.15, -0.1) is 0 Å². The van der Waals surface area contributed by atoms with Crippen LogP contribution < -0.4 is 5.32 Å². The number of ether oxygens (including phenoxy) is 2. The molecule has 3 rings (SSSR count). The van der Waals surface area contributed by atoms with Crippen molar-refractivity contribution in [3.8, 4) is 0 Å². The molecule has 2 aliphatic rings. The fraction of sp³-hybridized carbons (Fsp3) is 0.714. The summed E-state index contributed by atoms with van der Waals surface area (Å²) in [6, 6.07) is 4.44. The first-order chi connectivity index (χ1) is 13.3. The lowest BCUT2D eigenvalue weighted by Crippen LogP contribution is -2.36. The monoisotopic (exact) mass is 453 g/mol. The van der Waals surface area contributed by atoms with E-state index in [1.807, 2.05) is 20.8 Å². The topological polar surface area (TPSA) is 63.7 Å². The number of nitrogens with zero attached hydrogens (tertiary/aromatic N) is 2. The lowest BCUT2D eigenvalue weighted by molar-refractivity contribution is -0.161. The summed E-state index contributed by atoms with van der Waals surface area (Å²) < 4.78 is 11.9. The molecule has 1 saturated heterocycles. The van der Waals surface area contributed by atoms with Gasteiger partial charge in [-0.25, -0.2) is 4.98 Å². The number of aromatic nitrogens is 1. The minimum atomic E-state index is -0.433. The molecule has 6 nitrogen and oxygen atoms in total. The molecule has 1 aromatic heterocycles. The Bertz CT molecular complexity index is 671. The van der Waals surface area contributed by atoms with Gasteiger partial charge in [0.1, 0.15) is 16.0 Å². The van der Waals surface area contributed by atoms with Crippen LogP contribution in [-0.2, 0) is 20.8 Å². The van der Waals surface area contributed by atoms with Crippen LogP contribution in [0.4, 0.5) is 5.82 Å². The van der Waals surface area contributed by atoms with E-state index in [2.05, 4.69) is 43.3 Å². The fourth-order valence-electron chi connectivity index (χ4n) is 3.86. The zero-order valence-corrected chi connectivity index (χ0v) is 18.8. The third-order valence-corrected chi connectivity index (χ3v) is 5.54. The van der Waals surface area contributed by atoms with Crippen LogP contribution in [0, 0.1) is 5.92 Å². The van der Waals surface area contributed by atoms with Crippen molar-refractivity contribution in [2.45, 2.75) is 64.6 Å². The molecule has 0 amide bonds. The summed E-state index contributed by atoms with van der Waals surface area (Å²) >= 11 is 3.54. The maximum Gasteiger partial charge on any atom is 0.309 e. The van der Waals surface area contributed by atoms with E-state index < -0.39 is 5.60 Å². The predicted molar refractivity (Wildman–Crippen MR) is 113 cm³/mol. The molecule has 2 fully saturated rings. The standard InChI is InChI=1S/C21H32BrN3O3/c1-21(2,3)28-20(26)16-5-4-6-17(13-16)23-19-12-15(11-18(22)24-19)14-25-7-9-27-10-8-25/h11-12,16-17H,4-10,13-14H2,1-3H3,(H,23,24)/t16?,17-/m0/s1. The molecule has 2 heterocycles. The highest BCUT2D eigenvalue weighted by molar-refractivity contribution is 9.10. The zero-order chi connectivity index (χ0) is 20.1. The van der Waals surface area contributed by atoms with Crippen molar-refractivity contribution in [2.75, 3.05) is 31.6 Å². The van der Waals surface area contributed by atoms with Gasteiger partial charge in [0.15, 0.2) is 0 Å². The molecule has 28 heavy (non-hydrogen) atoms. The highest BCUT2D eigenvalue weighted by Gasteiger charge is 2.31. The Labute approximate surface area is 176 Å². The highest BCUT2D eigenvalue weighted by Crippen LogP contribution is 2.29. The summed E-state index contributed by atoms with van der Waals surface area (Å²) in [7, 11) is 0. The molecule has 1 N–H and O–H groups in total. The molecular weight excluding hydrogens is 422 g/mol. The average molecular weight is 454 g/mol. The third kappa shape index (κ3) is 6.71. The van der Waals surface area contributed by atoms with Crippen molar-refractivity contribution < 1.29 is 14.3 Å². The number of pyridine rings is 1. The number of morpholine rings is 1. The van der Waals surface area contributed by atoms with Gasteiger partial charge in [-0.3, -0.25) is 9.69 Å². The molecule has 0 spiro atoms. The van der Waals surface area contributed by atoms with Gasteiger partial charge in [-0.1, -0.05) is 6.42 Å². The minimum Gasteiger partial charge on any atom is -0.460 e. The molecule has 1 aliphatic heterocycles. The lowest BCUT2D eigenvalue weighted by Gasteiger charge is -2.31. The number of halogens is 1. The molecular formula is C21H32BrN3O3. The highest BCUT2D eigenvalue weighted by atomic mass is 79.9. The SMILES string of the molecule is CC(C)(C)OC(=O)C1CCC[C@H](Nc2cc(CN3CCOCC3)cc(Br)n2)C1. The minimum absolute atomic E-state index is 0.0366. The maximum absolute atomic E-state index is 12.5. The van der Waals surface area contributed by atoms with Gasteiger partial charge < -0.3 is 14.8 Å². The maximum atomic E-state index is 12.5. The van der Waals surface area contributed by atoms with E-state index in [1.165, 1.54) is 5.56 Å². The Morgan fingerprint density at radius 3 is 2.79 bits per heavy atom. The predicted octanol–water partition coefficient (Wildman–Crippen LogP) is 3.99. The molecule has 2 atom stereocenters. The van der Waals surface area contributed by atoms with Gasteiger partial charge in [0.25, 0.3) is 0 Å². The van der Waals surface area contributed by atoms with Crippen LogP contribution in [0.25, 0.3) is 0 Å². The Balaban J connectivity index is 1.60. The summed E-state index contributed by atoms with van der Waals surface area (Å²) in [5.74, 6) is 0.757. The summed E-state index contributed by atoms with van der Waals surface area (Å²) in [6.45, 7) is 10.2. The Morgan fingerprint density at radius 1 is 1.32 bits per heavy atom. The van der Waals surface area contributed by atoms with Crippen LogP contribution >= 0.6 is 15.9 Å². The van der Waals surface area contributed by atoms with Crippen LogP contribution in [0.15, 0.2) is 16.7 Å². The second-order valence-corrected chi connectivity index (χ2v) is 9.62. The fourth-order valence-corrected chi connectivity index (χ4v) is 4.35. The lowest BCUT2D eigenvalue weighted by atomic mass is 9.85. The van der Waals surface area contributed by atoms with Gasteiger partial charge in [0.2, 0.25) is 0 Å². The first kappa shape index (κ1) is 21.5. The molecule has 1 unspecified atom stereocenters. The third-order valence-electron chi connectivity index (χ3n) is 5.13. The number of esters is 1. The first-order valence-electron chi connectivity index (χ1n) is 10.2. The number of rotatable bonds is 5. The van der Waals surface area contributed by atoms with Gasteiger partial charge in [0.05, 0.1) is 19.1 Å². The zero-order valence-electron chi connectivity index (χ0n) is 17.2. The van der Waals surface area contributed by atoms with Crippen molar-refractivity contribution in [3.63, 3.8) is 0 Å². The van der Waals surface area contributed by atoms with Crippen molar-refractivity contribution in [1.29, 1.82) is 0 Å². The largest absolute Gasteiger partial charge is 0.460 e. The van der Waals surface area contributed by atoms with E-state index in [9.17, 15) is 4.79 Å². The summed E-state index contributed by atoms with van der Waals surface area (Å²) in [5, 5.41) is 3.55. The second-order valence-electron chi connectivity index (χ2n) is 8.81. The van der Waals surface area contributed by atoms with Crippen LogP contribution in [0.1, 0.15) is 52.0 Å². The normalized spacial score (nSPS) is 24.0. The van der Waals surface area contributed by atoms with Crippen molar-refractivity contribution >= 4 is 27.7 Å². The number of carbonyl (C=O) groups excluding carboxylic acids is 1. The van der Waals surface area contributed by atoms with Crippen molar-refractivity contribution in [1.82, 2.24) is 9.88 Å². The van der Waals surface area contributed by atoms with E-state index in [1.54, 1.807) is 0 Å². The van der Waals surface area contributed by atoms with E-state index in [-0.39, 0.29) is 17.9 Å². The van der Waals surface area contributed by atoms with Crippen LogP contribution in [-0.4, -0.2) is 53.8 Å². The van der Waals surface area contributed by atoms with Crippen LogP contribution in [0.2, 0.25) is 0 Å². The summed E-state index contributed by atoms with van der Waals surface area (Å²) in [5.41, 5.74) is 0.795. The van der Waals surface area contributed by atoms with Gasteiger partial charge in [-0.05, 0) is 73.7 Å². The summed E-state index contributed by atoms with van der Waals surface area (Å²) in [6.07, 6.45) is 3.77. The summed E-state index contributed by atoms with van der Waals surface area (Å²) in [4.78, 5) is 19.4. The molecule has 0 bridgehead atoms. The van der Waals surface area contributed by atoms with Gasteiger partial charge in [-0.2, -0.15) is 0 Å². The Morgan fingerprint density at radius 2 is 2.07 bits per heavy atom. The van der Waals surface area contributed by atoms with Crippen LogP contribution in [0.3, 0.4) is 0 Å². The van der Waals surface area contributed by atoms with Crippen molar-refractivity contribution in [2.24, 2.45) is 5.92 Å². The molecule has 7 heteroatoms. The smallest absolute Gasteiger partial charge is 0.309 e. The van der Waals surface area contributed by atoms with E-state index in [0.717, 1.165) is 69.0 Å². The molecule has 1 saturated carbocycles. The quantitative estimate of drug-likeness (QED) is 0.536. The number of carbonyl (C=O) groups is 1. The number of anilines is 1. The van der Waals surface area contributed by atoms with Gasteiger partial charge in [0, 0.05) is 25.7 Å². The number of nitrogens with one attached hydrogen (secondary N) is 1. The van der Waals surface area contributed by atoms with E-state index >= 15 is 0 Å².